The van der Waals surface area contributed by atoms with E-state index >= 15 is 0 Å². The summed E-state index contributed by atoms with van der Waals surface area (Å²) in [6.45, 7) is 9.22. The van der Waals surface area contributed by atoms with Gasteiger partial charge in [0.25, 0.3) is 0 Å². The molecule has 2 heterocycles. The van der Waals surface area contributed by atoms with Gasteiger partial charge in [0, 0.05) is 31.7 Å². The van der Waals surface area contributed by atoms with E-state index in [0.29, 0.717) is 38.2 Å². The Morgan fingerprint density at radius 3 is 2.54 bits per heavy atom. The van der Waals surface area contributed by atoms with Crippen molar-refractivity contribution in [2.24, 2.45) is 10.4 Å². The van der Waals surface area contributed by atoms with Crippen LogP contribution in [-0.4, -0.2) is 49.0 Å². The van der Waals surface area contributed by atoms with Crippen LogP contribution < -0.4 is 10.6 Å². The molecule has 1 aliphatic heterocycles. The third kappa shape index (κ3) is 5.89. The zero-order chi connectivity index (χ0) is 16.7. The molecular weight excluding hydrogens is 423 g/mol. The highest BCUT2D eigenvalue weighted by Crippen LogP contribution is 2.28. The smallest absolute Gasteiger partial charge is 0.216 e. The quantitative estimate of drug-likeness (QED) is 0.346. The molecule has 7 nitrogen and oxygen atoms in total. The fourth-order valence-electron chi connectivity index (χ4n) is 2.56. The van der Waals surface area contributed by atoms with Gasteiger partial charge < -0.3 is 24.9 Å². The lowest BCUT2D eigenvalue weighted by Gasteiger charge is -2.35. The Labute approximate surface area is 160 Å². The van der Waals surface area contributed by atoms with Crippen molar-refractivity contribution in [1.82, 2.24) is 15.6 Å². The minimum Gasteiger partial charge on any atom is -0.444 e. The maximum absolute atomic E-state index is 9.74. The topological polar surface area (TPSA) is 91.9 Å². The van der Waals surface area contributed by atoms with E-state index in [1.807, 2.05) is 20.8 Å². The van der Waals surface area contributed by atoms with Crippen molar-refractivity contribution in [3.8, 4) is 0 Å². The molecule has 0 bridgehead atoms. The average Bonchev–Trinajstić information content (AvgIpc) is 2.89. The lowest BCUT2D eigenvalue weighted by atomic mass is 9.81. The van der Waals surface area contributed by atoms with Gasteiger partial charge in [0.05, 0.1) is 12.3 Å². The molecule has 0 spiro atoms. The Hall–Kier alpha value is -0.870. The number of aromatic nitrogens is 1. The molecule has 0 saturated carbocycles. The summed E-state index contributed by atoms with van der Waals surface area (Å²) >= 11 is 0. The number of halogens is 1. The third-order valence-electron chi connectivity index (χ3n) is 4.31. The van der Waals surface area contributed by atoms with Crippen molar-refractivity contribution >= 4 is 29.9 Å². The zero-order valence-corrected chi connectivity index (χ0v) is 17.1. The SMILES string of the molecule is CCNC(=NCc1nc(C)c(C)o1)NCC1(CO)CCOCC1.I. The number of aryl methyl sites for hydroxylation is 2. The van der Waals surface area contributed by atoms with E-state index in [4.69, 9.17) is 9.15 Å². The van der Waals surface area contributed by atoms with Crippen LogP contribution >= 0.6 is 24.0 Å². The Morgan fingerprint density at radius 2 is 2.00 bits per heavy atom. The summed E-state index contributed by atoms with van der Waals surface area (Å²) in [5.41, 5.74) is 0.763. The summed E-state index contributed by atoms with van der Waals surface area (Å²) in [5, 5.41) is 16.3. The summed E-state index contributed by atoms with van der Waals surface area (Å²) in [7, 11) is 0. The van der Waals surface area contributed by atoms with E-state index in [1.165, 1.54) is 0 Å². The predicted molar refractivity (Wildman–Crippen MR) is 104 cm³/mol. The number of guanidine groups is 1. The van der Waals surface area contributed by atoms with Gasteiger partial charge in [0.2, 0.25) is 5.89 Å². The number of aliphatic hydroxyl groups is 1. The molecule has 0 aromatic carbocycles. The van der Waals surface area contributed by atoms with Gasteiger partial charge in [0.15, 0.2) is 5.96 Å². The van der Waals surface area contributed by atoms with Crippen molar-refractivity contribution in [2.75, 3.05) is 32.9 Å². The second-order valence-corrected chi connectivity index (χ2v) is 6.07. The van der Waals surface area contributed by atoms with Crippen LogP contribution in [0.15, 0.2) is 9.41 Å². The Morgan fingerprint density at radius 1 is 1.29 bits per heavy atom. The number of rotatable bonds is 6. The minimum atomic E-state index is -0.134. The van der Waals surface area contributed by atoms with Crippen LogP contribution in [0.2, 0.25) is 0 Å². The fraction of sp³-hybridized carbons (Fsp3) is 0.750. The van der Waals surface area contributed by atoms with E-state index in [0.717, 1.165) is 30.8 Å². The maximum atomic E-state index is 9.74. The first-order chi connectivity index (χ1) is 11.1. The van der Waals surface area contributed by atoms with Crippen LogP contribution in [0.5, 0.6) is 0 Å². The van der Waals surface area contributed by atoms with E-state index < -0.39 is 0 Å². The van der Waals surface area contributed by atoms with Crippen molar-refractivity contribution in [3.63, 3.8) is 0 Å². The van der Waals surface area contributed by atoms with Crippen molar-refractivity contribution in [3.05, 3.63) is 17.3 Å². The monoisotopic (exact) mass is 452 g/mol. The number of oxazole rings is 1. The largest absolute Gasteiger partial charge is 0.444 e. The van der Waals surface area contributed by atoms with Gasteiger partial charge in [-0.1, -0.05) is 0 Å². The predicted octanol–water partition coefficient (Wildman–Crippen LogP) is 1.75. The molecule has 1 fully saturated rings. The number of nitrogens with zero attached hydrogens (tertiary/aromatic N) is 2. The summed E-state index contributed by atoms with van der Waals surface area (Å²) in [6.07, 6.45) is 1.71. The number of hydrogen-bond donors (Lipinski definition) is 3. The van der Waals surface area contributed by atoms with E-state index in [2.05, 4.69) is 20.6 Å². The fourth-order valence-corrected chi connectivity index (χ4v) is 2.56. The van der Waals surface area contributed by atoms with Gasteiger partial charge in [-0.15, -0.1) is 24.0 Å². The summed E-state index contributed by atoms with van der Waals surface area (Å²) < 4.78 is 10.9. The normalized spacial score (nSPS) is 17.2. The molecule has 1 saturated heterocycles. The number of aliphatic hydroxyl groups excluding tert-OH is 1. The lowest BCUT2D eigenvalue weighted by molar-refractivity contribution is -0.0131. The molecule has 0 aliphatic carbocycles. The lowest BCUT2D eigenvalue weighted by Crippen LogP contribution is -2.47. The summed E-state index contributed by atoms with van der Waals surface area (Å²) in [4.78, 5) is 8.85. The molecule has 8 heteroatoms. The minimum absolute atomic E-state index is 0. The number of hydrogen-bond acceptors (Lipinski definition) is 5. The molecule has 0 amide bonds. The number of aliphatic imine (C=N–C) groups is 1. The Bertz CT molecular complexity index is 508. The van der Waals surface area contributed by atoms with Crippen LogP contribution in [0.3, 0.4) is 0 Å². The van der Waals surface area contributed by atoms with Crippen molar-refractivity contribution in [2.45, 2.75) is 40.2 Å². The first-order valence-electron chi connectivity index (χ1n) is 8.22. The molecule has 3 N–H and O–H groups in total. The van der Waals surface area contributed by atoms with Crippen LogP contribution in [0.4, 0.5) is 0 Å². The first kappa shape index (κ1) is 21.2. The number of ether oxygens (including phenoxy) is 1. The van der Waals surface area contributed by atoms with Crippen LogP contribution in [0, 0.1) is 19.3 Å². The Balaban J connectivity index is 0.00000288. The highest BCUT2D eigenvalue weighted by atomic mass is 127. The molecule has 24 heavy (non-hydrogen) atoms. The molecule has 138 valence electrons. The van der Waals surface area contributed by atoms with Gasteiger partial charge in [-0.25, -0.2) is 9.98 Å². The third-order valence-corrected chi connectivity index (χ3v) is 4.31. The highest BCUT2D eigenvalue weighted by molar-refractivity contribution is 14.0. The van der Waals surface area contributed by atoms with Crippen LogP contribution in [-0.2, 0) is 11.3 Å². The standard InChI is InChI=1S/C16H28N4O3.HI/c1-4-17-15(18-9-14-20-12(2)13(3)23-14)19-10-16(11-21)5-7-22-8-6-16;/h21H,4-11H2,1-3H3,(H2,17,18,19);1H. The van der Waals surface area contributed by atoms with E-state index in [9.17, 15) is 5.11 Å². The Kier molecular flexibility index (Phi) is 8.99. The van der Waals surface area contributed by atoms with E-state index in [-0.39, 0.29) is 36.0 Å². The molecule has 1 aromatic heterocycles. The van der Waals surface area contributed by atoms with Crippen molar-refractivity contribution in [1.29, 1.82) is 0 Å². The summed E-state index contributed by atoms with van der Waals surface area (Å²) in [6, 6.07) is 0. The van der Waals surface area contributed by atoms with Gasteiger partial charge in [0.1, 0.15) is 12.3 Å². The molecule has 1 aromatic rings. The first-order valence-corrected chi connectivity index (χ1v) is 8.22. The highest BCUT2D eigenvalue weighted by Gasteiger charge is 2.32. The average molecular weight is 452 g/mol. The summed E-state index contributed by atoms with van der Waals surface area (Å²) in [5.74, 6) is 2.15. The molecule has 1 aliphatic rings. The van der Waals surface area contributed by atoms with Crippen LogP contribution in [0.1, 0.15) is 37.1 Å². The molecule has 0 unspecified atom stereocenters. The molecular formula is C16H29IN4O3. The van der Waals surface area contributed by atoms with E-state index in [1.54, 1.807) is 0 Å². The van der Waals surface area contributed by atoms with Gasteiger partial charge in [-0.2, -0.15) is 0 Å². The zero-order valence-electron chi connectivity index (χ0n) is 14.7. The van der Waals surface area contributed by atoms with Crippen molar-refractivity contribution < 1.29 is 14.3 Å². The van der Waals surface area contributed by atoms with Gasteiger partial charge >= 0.3 is 0 Å². The molecule has 0 atom stereocenters. The second-order valence-electron chi connectivity index (χ2n) is 6.07. The maximum Gasteiger partial charge on any atom is 0.216 e. The van der Waals surface area contributed by atoms with Crippen LogP contribution in [0.25, 0.3) is 0 Å². The molecule has 0 radical (unpaired) electrons. The van der Waals surface area contributed by atoms with Gasteiger partial charge in [-0.3, -0.25) is 0 Å². The number of nitrogens with one attached hydrogen (secondary N) is 2. The molecule has 2 rings (SSSR count). The van der Waals surface area contributed by atoms with Gasteiger partial charge in [-0.05, 0) is 33.6 Å². The second kappa shape index (κ2) is 10.2.